The van der Waals surface area contributed by atoms with Gasteiger partial charge >= 0.3 is 0 Å². The second-order valence-corrected chi connectivity index (χ2v) is 4.88. The highest BCUT2D eigenvalue weighted by atomic mass is 15.3. The van der Waals surface area contributed by atoms with E-state index in [1.165, 1.54) is 29.8 Å². The summed E-state index contributed by atoms with van der Waals surface area (Å²) in [6.07, 6.45) is 6.88. The van der Waals surface area contributed by atoms with Gasteiger partial charge in [-0.25, -0.2) is 4.98 Å². The van der Waals surface area contributed by atoms with E-state index < -0.39 is 0 Å². The lowest BCUT2D eigenvalue weighted by Crippen LogP contribution is -2.30. The first-order valence-electron chi connectivity index (χ1n) is 6.43. The molecule has 0 saturated heterocycles. The summed E-state index contributed by atoms with van der Waals surface area (Å²) in [5.41, 5.74) is 3.93. The van der Waals surface area contributed by atoms with Gasteiger partial charge in [0.15, 0.2) is 0 Å². The van der Waals surface area contributed by atoms with Crippen molar-refractivity contribution in [2.24, 2.45) is 0 Å². The predicted molar refractivity (Wildman–Crippen MR) is 66.9 cm³/mol. The molecule has 2 heterocycles. The lowest BCUT2D eigenvalue weighted by atomic mass is 10.2. The largest absolute Gasteiger partial charge is 0.307 e. The Bertz CT molecular complexity index is 501. The molecule has 2 N–H and O–H groups in total. The Morgan fingerprint density at radius 3 is 3.28 bits per heavy atom. The first-order chi connectivity index (χ1) is 8.83. The molecule has 0 fully saturated rings. The molecule has 2 aromatic rings. The van der Waals surface area contributed by atoms with Crippen LogP contribution in [0.25, 0.3) is 0 Å². The molecule has 6 heteroatoms. The lowest BCUT2D eigenvalue weighted by Gasteiger charge is -2.12. The smallest absolute Gasteiger partial charge is 0.137 e. The molecule has 0 spiro atoms. The molecule has 0 unspecified atom stereocenters. The number of aromatic nitrogens is 5. The minimum Gasteiger partial charge on any atom is -0.307 e. The fourth-order valence-corrected chi connectivity index (χ4v) is 2.48. The average Bonchev–Trinajstić information content (AvgIpc) is 3.03. The summed E-state index contributed by atoms with van der Waals surface area (Å²) in [7, 11) is 0. The van der Waals surface area contributed by atoms with E-state index in [2.05, 4.69) is 32.5 Å². The van der Waals surface area contributed by atoms with Gasteiger partial charge in [-0.05, 0) is 31.7 Å². The number of hydrogen-bond acceptors (Lipinski definition) is 4. The summed E-state index contributed by atoms with van der Waals surface area (Å²) in [6, 6.07) is 0.348. The van der Waals surface area contributed by atoms with Gasteiger partial charge in [0.25, 0.3) is 0 Å². The molecular formula is C12H18N6. The predicted octanol–water partition coefficient (Wildman–Crippen LogP) is 0.668. The zero-order valence-electron chi connectivity index (χ0n) is 10.6. The van der Waals surface area contributed by atoms with Crippen molar-refractivity contribution in [2.45, 2.75) is 45.3 Å². The van der Waals surface area contributed by atoms with Crippen LogP contribution in [0.1, 0.15) is 30.3 Å². The van der Waals surface area contributed by atoms with Gasteiger partial charge in [-0.1, -0.05) is 0 Å². The highest BCUT2D eigenvalue weighted by Gasteiger charge is 2.18. The minimum atomic E-state index is 0.348. The molecule has 0 radical (unpaired) electrons. The molecule has 0 saturated carbocycles. The van der Waals surface area contributed by atoms with E-state index in [1.807, 2.05) is 4.68 Å². The van der Waals surface area contributed by atoms with Crippen LogP contribution >= 0.6 is 0 Å². The zero-order chi connectivity index (χ0) is 12.4. The number of hydrogen-bond donors (Lipinski definition) is 2. The number of aryl methyl sites for hydroxylation is 1. The first kappa shape index (κ1) is 11.4. The second-order valence-electron chi connectivity index (χ2n) is 4.88. The van der Waals surface area contributed by atoms with Crippen LogP contribution in [0.5, 0.6) is 0 Å². The summed E-state index contributed by atoms with van der Waals surface area (Å²) in [4.78, 5) is 3.94. The van der Waals surface area contributed by atoms with Crippen molar-refractivity contribution in [3.05, 3.63) is 29.6 Å². The van der Waals surface area contributed by atoms with Crippen LogP contribution in [0.3, 0.4) is 0 Å². The van der Waals surface area contributed by atoms with Gasteiger partial charge in [0.1, 0.15) is 12.7 Å². The van der Waals surface area contributed by atoms with E-state index >= 15 is 0 Å². The van der Waals surface area contributed by atoms with E-state index in [4.69, 9.17) is 0 Å². The lowest BCUT2D eigenvalue weighted by molar-refractivity contribution is 0.447. The van der Waals surface area contributed by atoms with E-state index in [0.717, 1.165) is 19.5 Å². The third-order valence-corrected chi connectivity index (χ3v) is 3.44. The molecular weight excluding hydrogens is 228 g/mol. The summed E-state index contributed by atoms with van der Waals surface area (Å²) in [5, 5.41) is 15.1. The van der Waals surface area contributed by atoms with Crippen LogP contribution in [0.4, 0.5) is 0 Å². The molecule has 6 nitrogen and oxygen atoms in total. The molecule has 1 aliphatic carbocycles. The highest BCUT2D eigenvalue weighted by Crippen LogP contribution is 2.22. The third kappa shape index (κ3) is 2.28. The fourth-order valence-electron chi connectivity index (χ4n) is 2.48. The number of H-pyrrole nitrogens is 1. The Kier molecular flexibility index (Phi) is 3.10. The van der Waals surface area contributed by atoms with E-state index in [-0.39, 0.29) is 0 Å². The van der Waals surface area contributed by atoms with Crippen LogP contribution in [-0.2, 0) is 25.9 Å². The van der Waals surface area contributed by atoms with E-state index in [1.54, 1.807) is 12.7 Å². The Balaban J connectivity index is 1.54. The number of rotatable bonds is 5. The molecule has 0 aliphatic heterocycles. The van der Waals surface area contributed by atoms with Gasteiger partial charge in [-0.15, -0.1) is 0 Å². The molecule has 0 bridgehead atoms. The number of nitrogens with zero attached hydrogens (tertiary/aromatic N) is 4. The van der Waals surface area contributed by atoms with Crippen molar-refractivity contribution in [3.63, 3.8) is 0 Å². The summed E-state index contributed by atoms with van der Waals surface area (Å²) in [6.45, 7) is 3.79. The van der Waals surface area contributed by atoms with E-state index in [0.29, 0.717) is 6.04 Å². The Labute approximate surface area is 106 Å². The summed E-state index contributed by atoms with van der Waals surface area (Å²) in [5.74, 6) is 0. The number of aromatic amines is 1. The standard InChI is InChI=1S/C12H18N6/c1-9(6-18-8-13-7-15-18)14-5-12-10-3-2-4-11(10)16-17-12/h7-9,14H,2-6H2,1H3,(H,16,17)/t9-/m1/s1. The normalized spacial score (nSPS) is 15.8. The van der Waals surface area contributed by atoms with Crippen LogP contribution in [-0.4, -0.2) is 31.0 Å². The number of nitrogens with one attached hydrogen (secondary N) is 2. The SMILES string of the molecule is C[C@H](Cn1cncn1)NCc1n[nH]c2c1CCC2. The fraction of sp³-hybridized carbons (Fsp3) is 0.583. The number of fused-ring (bicyclic) bond motifs is 1. The molecule has 18 heavy (non-hydrogen) atoms. The Hall–Kier alpha value is -1.69. The van der Waals surface area contributed by atoms with E-state index in [9.17, 15) is 0 Å². The van der Waals surface area contributed by atoms with Crippen LogP contribution in [0.15, 0.2) is 12.7 Å². The Morgan fingerprint density at radius 2 is 2.44 bits per heavy atom. The van der Waals surface area contributed by atoms with Crippen molar-refractivity contribution >= 4 is 0 Å². The van der Waals surface area contributed by atoms with Crippen molar-refractivity contribution < 1.29 is 0 Å². The molecule has 96 valence electrons. The van der Waals surface area contributed by atoms with Crippen molar-refractivity contribution in [2.75, 3.05) is 0 Å². The minimum absolute atomic E-state index is 0.348. The summed E-state index contributed by atoms with van der Waals surface area (Å²) >= 11 is 0. The van der Waals surface area contributed by atoms with Gasteiger partial charge in [-0.2, -0.15) is 10.2 Å². The maximum atomic E-state index is 4.38. The molecule has 3 rings (SSSR count). The van der Waals surface area contributed by atoms with Crippen LogP contribution in [0.2, 0.25) is 0 Å². The monoisotopic (exact) mass is 246 g/mol. The molecule has 1 aliphatic rings. The third-order valence-electron chi connectivity index (χ3n) is 3.44. The average molecular weight is 246 g/mol. The van der Waals surface area contributed by atoms with Gasteiger partial charge in [0.2, 0.25) is 0 Å². The van der Waals surface area contributed by atoms with Gasteiger partial charge < -0.3 is 5.32 Å². The molecule has 0 amide bonds. The van der Waals surface area contributed by atoms with Crippen molar-refractivity contribution in [3.8, 4) is 0 Å². The molecule has 2 aromatic heterocycles. The zero-order valence-corrected chi connectivity index (χ0v) is 10.6. The maximum absolute atomic E-state index is 4.38. The quantitative estimate of drug-likeness (QED) is 0.813. The van der Waals surface area contributed by atoms with Crippen molar-refractivity contribution in [1.29, 1.82) is 0 Å². The maximum Gasteiger partial charge on any atom is 0.137 e. The Morgan fingerprint density at radius 1 is 1.50 bits per heavy atom. The summed E-state index contributed by atoms with van der Waals surface area (Å²) < 4.78 is 1.84. The van der Waals surface area contributed by atoms with Gasteiger partial charge in [0, 0.05) is 18.3 Å². The van der Waals surface area contributed by atoms with Gasteiger partial charge in [0.05, 0.1) is 12.2 Å². The molecule has 1 atom stereocenters. The van der Waals surface area contributed by atoms with Gasteiger partial charge in [-0.3, -0.25) is 9.78 Å². The highest BCUT2D eigenvalue weighted by molar-refractivity contribution is 5.29. The van der Waals surface area contributed by atoms with Crippen LogP contribution < -0.4 is 5.32 Å². The molecule has 0 aromatic carbocycles. The first-order valence-corrected chi connectivity index (χ1v) is 6.43. The van der Waals surface area contributed by atoms with Crippen molar-refractivity contribution in [1.82, 2.24) is 30.3 Å². The van der Waals surface area contributed by atoms with Crippen LogP contribution in [0, 0.1) is 0 Å². The topological polar surface area (TPSA) is 71.4 Å². The second kappa shape index (κ2) is 4.89.